The third-order valence-corrected chi connectivity index (χ3v) is 3.23. The number of oxazole rings is 1. The number of aromatic nitrogens is 1. The molecule has 0 radical (unpaired) electrons. The average molecular weight is 284 g/mol. The molecule has 0 unspecified atom stereocenters. The summed E-state index contributed by atoms with van der Waals surface area (Å²) in [7, 11) is 0. The molecule has 0 aliphatic carbocycles. The fourth-order valence-corrected chi connectivity index (χ4v) is 2.11. The molecular weight excluding hydrogens is 271 g/mol. The normalized spacial score (nSPS) is 10.7. The van der Waals surface area contributed by atoms with Crippen LogP contribution in [0.4, 0.5) is 4.39 Å². The molecular formula is C16H13FN2O2. The maximum Gasteiger partial charge on any atom is 0.251 e. The van der Waals surface area contributed by atoms with Crippen molar-refractivity contribution in [3.63, 3.8) is 0 Å². The smallest absolute Gasteiger partial charge is 0.251 e. The van der Waals surface area contributed by atoms with Crippen LogP contribution in [0, 0.1) is 5.82 Å². The fourth-order valence-electron chi connectivity index (χ4n) is 2.11. The van der Waals surface area contributed by atoms with Crippen LogP contribution in [-0.4, -0.2) is 17.4 Å². The Morgan fingerprint density at radius 3 is 2.95 bits per heavy atom. The number of nitrogens with zero attached hydrogens (tertiary/aromatic N) is 1. The van der Waals surface area contributed by atoms with E-state index in [1.807, 2.05) is 0 Å². The second kappa shape index (κ2) is 5.75. The van der Waals surface area contributed by atoms with Gasteiger partial charge in [0.25, 0.3) is 5.91 Å². The highest BCUT2D eigenvalue weighted by atomic mass is 19.1. The van der Waals surface area contributed by atoms with E-state index in [4.69, 9.17) is 4.42 Å². The Bertz CT molecular complexity index is 783. The van der Waals surface area contributed by atoms with E-state index < -0.39 is 0 Å². The predicted octanol–water partition coefficient (Wildman–Crippen LogP) is 2.94. The van der Waals surface area contributed by atoms with Crippen LogP contribution in [-0.2, 0) is 6.42 Å². The first-order valence-corrected chi connectivity index (χ1v) is 6.59. The molecule has 1 aromatic heterocycles. The summed E-state index contributed by atoms with van der Waals surface area (Å²) in [6, 6.07) is 11.6. The van der Waals surface area contributed by atoms with Gasteiger partial charge in [-0.2, -0.15) is 0 Å². The molecule has 21 heavy (non-hydrogen) atoms. The van der Waals surface area contributed by atoms with Gasteiger partial charge in [0.1, 0.15) is 11.3 Å². The summed E-state index contributed by atoms with van der Waals surface area (Å²) in [5, 5.41) is 2.77. The third kappa shape index (κ3) is 2.91. The molecule has 106 valence electrons. The number of hydrogen-bond donors (Lipinski definition) is 1. The summed E-state index contributed by atoms with van der Waals surface area (Å²) in [5.41, 5.74) is 2.37. The van der Waals surface area contributed by atoms with Gasteiger partial charge in [-0.1, -0.05) is 18.2 Å². The van der Waals surface area contributed by atoms with Gasteiger partial charge in [0.05, 0.1) is 0 Å². The van der Waals surface area contributed by atoms with Gasteiger partial charge in [-0.15, -0.1) is 0 Å². The summed E-state index contributed by atoms with van der Waals surface area (Å²) in [6.07, 6.45) is 1.79. The van der Waals surface area contributed by atoms with Crippen LogP contribution in [0.25, 0.3) is 11.1 Å². The van der Waals surface area contributed by atoms with Crippen LogP contribution in [0.3, 0.4) is 0 Å². The van der Waals surface area contributed by atoms with Gasteiger partial charge in [-0.25, -0.2) is 9.37 Å². The second-order valence-corrected chi connectivity index (χ2v) is 4.63. The lowest BCUT2D eigenvalue weighted by Gasteiger charge is -2.06. The van der Waals surface area contributed by atoms with E-state index >= 15 is 0 Å². The highest BCUT2D eigenvalue weighted by molar-refractivity contribution is 5.97. The first-order valence-electron chi connectivity index (χ1n) is 6.59. The van der Waals surface area contributed by atoms with Gasteiger partial charge < -0.3 is 9.73 Å². The van der Waals surface area contributed by atoms with Crippen molar-refractivity contribution in [3.05, 3.63) is 65.8 Å². The van der Waals surface area contributed by atoms with Gasteiger partial charge in [0.2, 0.25) is 0 Å². The Hall–Kier alpha value is -2.69. The van der Waals surface area contributed by atoms with E-state index in [1.54, 1.807) is 36.4 Å². The van der Waals surface area contributed by atoms with Crippen molar-refractivity contribution in [2.24, 2.45) is 0 Å². The second-order valence-electron chi connectivity index (χ2n) is 4.63. The number of rotatable bonds is 4. The number of carbonyl (C=O) groups excluding carboxylic acids is 1. The molecule has 0 saturated heterocycles. The van der Waals surface area contributed by atoms with Crippen molar-refractivity contribution in [1.29, 1.82) is 0 Å². The SMILES string of the molecule is O=C(NCCc1ccccc1F)c1ccc2ocnc2c1. The van der Waals surface area contributed by atoms with E-state index in [1.165, 1.54) is 12.5 Å². The quantitative estimate of drug-likeness (QED) is 0.801. The molecule has 3 rings (SSSR count). The summed E-state index contributed by atoms with van der Waals surface area (Å²) in [6.45, 7) is 0.372. The number of fused-ring (bicyclic) bond motifs is 1. The zero-order valence-corrected chi connectivity index (χ0v) is 11.2. The van der Waals surface area contributed by atoms with Gasteiger partial charge in [-0.3, -0.25) is 4.79 Å². The van der Waals surface area contributed by atoms with E-state index in [2.05, 4.69) is 10.3 Å². The minimum Gasteiger partial charge on any atom is -0.443 e. The van der Waals surface area contributed by atoms with Crippen LogP contribution in [0.1, 0.15) is 15.9 Å². The molecule has 0 atom stereocenters. The molecule has 0 aliphatic rings. The van der Waals surface area contributed by atoms with Crippen LogP contribution in [0.15, 0.2) is 53.3 Å². The zero-order valence-electron chi connectivity index (χ0n) is 11.2. The van der Waals surface area contributed by atoms with E-state index in [9.17, 15) is 9.18 Å². The van der Waals surface area contributed by atoms with E-state index in [0.29, 0.717) is 35.2 Å². The molecule has 0 fully saturated rings. The Kier molecular flexibility index (Phi) is 3.64. The summed E-state index contributed by atoms with van der Waals surface area (Å²) >= 11 is 0. The molecule has 0 saturated carbocycles. The first-order chi connectivity index (χ1) is 10.2. The first kappa shape index (κ1) is 13.3. The van der Waals surface area contributed by atoms with E-state index in [-0.39, 0.29) is 11.7 Å². The van der Waals surface area contributed by atoms with Crippen LogP contribution >= 0.6 is 0 Å². The summed E-state index contributed by atoms with van der Waals surface area (Å²) in [4.78, 5) is 16.0. The number of nitrogens with one attached hydrogen (secondary N) is 1. The summed E-state index contributed by atoms with van der Waals surface area (Å²) < 4.78 is 18.6. The standard InChI is InChI=1S/C16H13FN2O2/c17-13-4-2-1-3-11(13)7-8-18-16(20)12-5-6-15-14(9-12)19-10-21-15/h1-6,9-10H,7-8H2,(H,18,20). The minimum atomic E-state index is -0.254. The maximum absolute atomic E-state index is 13.4. The summed E-state index contributed by atoms with van der Waals surface area (Å²) in [5.74, 6) is -0.466. The maximum atomic E-state index is 13.4. The predicted molar refractivity (Wildman–Crippen MR) is 76.4 cm³/mol. The molecule has 4 nitrogen and oxygen atoms in total. The van der Waals surface area contributed by atoms with Gasteiger partial charge in [-0.05, 0) is 36.2 Å². The van der Waals surface area contributed by atoms with Crippen molar-refractivity contribution in [1.82, 2.24) is 10.3 Å². The highest BCUT2D eigenvalue weighted by Gasteiger charge is 2.08. The van der Waals surface area contributed by atoms with Gasteiger partial charge in [0.15, 0.2) is 12.0 Å². The lowest BCUT2D eigenvalue weighted by molar-refractivity contribution is 0.0954. The topological polar surface area (TPSA) is 55.1 Å². The lowest BCUT2D eigenvalue weighted by Crippen LogP contribution is -2.25. The molecule has 5 heteroatoms. The van der Waals surface area contributed by atoms with Crippen molar-refractivity contribution < 1.29 is 13.6 Å². The van der Waals surface area contributed by atoms with Crippen LogP contribution < -0.4 is 5.32 Å². The highest BCUT2D eigenvalue weighted by Crippen LogP contribution is 2.14. The minimum absolute atomic E-state index is 0.212. The molecule has 0 aliphatic heterocycles. The zero-order chi connectivity index (χ0) is 14.7. The molecule has 1 amide bonds. The van der Waals surface area contributed by atoms with Crippen molar-refractivity contribution in [2.75, 3.05) is 6.54 Å². The number of benzene rings is 2. The molecule has 2 aromatic carbocycles. The Labute approximate surface area is 120 Å². The third-order valence-electron chi connectivity index (χ3n) is 3.23. The Morgan fingerprint density at radius 1 is 1.24 bits per heavy atom. The van der Waals surface area contributed by atoms with Crippen LogP contribution in [0.5, 0.6) is 0 Å². The number of carbonyl (C=O) groups is 1. The number of halogens is 1. The Balaban J connectivity index is 1.62. The molecule has 1 N–H and O–H groups in total. The van der Waals surface area contributed by atoms with E-state index in [0.717, 1.165) is 0 Å². The van der Waals surface area contributed by atoms with Gasteiger partial charge >= 0.3 is 0 Å². The molecule has 1 heterocycles. The number of amides is 1. The molecule has 0 spiro atoms. The molecule has 3 aromatic rings. The lowest BCUT2D eigenvalue weighted by atomic mass is 10.1. The van der Waals surface area contributed by atoms with Crippen molar-refractivity contribution in [3.8, 4) is 0 Å². The van der Waals surface area contributed by atoms with Crippen molar-refractivity contribution in [2.45, 2.75) is 6.42 Å². The van der Waals surface area contributed by atoms with Gasteiger partial charge in [0, 0.05) is 12.1 Å². The Morgan fingerprint density at radius 2 is 2.10 bits per heavy atom. The number of hydrogen-bond acceptors (Lipinski definition) is 3. The fraction of sp³-hybridized carbons (Fsp3) is 0.125. The largest absolute Gasteiger partial charge is 0.443 e. The monoisotopic (exact) mass is 284 g/mol. The van der Waals surface area contributed by atoms with Crippen molar-refractivity contribution >= 4 is 17.0 Å². The van der Waals surface area contributed by atoms with Crippen LogP contribution in [0.2, 0.25) is 0 Å². The molecule has 0 bridgehead atoms. The average Bonchev–Trinajstić information content (AvgIpc) is 2.96.